The minimum Gasteiger partial charge on any atom is -0.444 e. The molecule has 0 fully saturated rings. The summed E-state index contributed by atoms with van der Waals surface area (Å²) >= 11 is 0. The molecule has 0 aliphatic carbocycles. The normalized spacial score (nSPS) is 10.4. The van der Waals surface area contributed by atoms with Crippen LogP contribution in [0.1, 0.15) is 33.3 Å². The van der Waals surface area contributed by atoms with Crippen molar-refractivity contribution in [3.8, 4) is 11.8 Å². The molecule has 1 N–H and O–H groups in total. The van der Waals surface area contributed by atoms with Gasteiger partial charge in [-0.15, -0.1) is 0 Å². The van der Waals surface area contributed by atoms with Crippen molar-refractivity contribution in [3.05, 3.63) is 18.0 Å². The van der Waals surface area contributed by atoms with E-state index in [4.69, 9.17) is 4.74 Å². The predicted molar refractivity (Wildman–Crippen MR) is 69.0 cm³/mol. The molecule has 18 heavy (non-hydrogen) atoms. The van der Waals surface area contributed by atoms with E-state index in [0.29, 0.717) is 0 Å². The fourth-order valence-electron chi connectivity index (χ4n) is 1.18. The van der Waals surface area contributed by atoms with Gasteiger partial charge in [0.1, 0.15) is 5.60 Å². The van der Waals surface area contributed by atoms with Crippen molar-refractivity contribution in [2.45, 2.75) is 39.8 Å². The van der Waals surface area contributed by atoms with Crippen LogP contribution in [-0.4, -0.2) is 28.0 Å². The second-order valence-electron chi connectivity index (χ2n) is 4.74. The summed E-state index contributed by atoms with van der Waals surface area (Å²) in [5.41, 5.74) is 0.350. The average Bonchev–Trinajstić information content (AvgIpc) is 2.70. The van der Waals surface area contributed by atoms with Gasteiger partial charge in [-0.25, -0.2) is 4.79 Å². The summed E-state index contributed by atoms with van der Waals surface area (Å²) in [5.74, 6) is 5.75. The number of amides is 1. The van der Waals surface area contributed by atoms with Gasteiger partial charge in [0.2, 0.25) is 0 Å². The number of nitrogens with one attached hydrogen (secondary N) is 1. The number of carbonyl (C=O) groups excluding carboxylic acids is 1. The zero-order valence-corrected chi connectivity index (χ0v) is 11.3. The Hall–Kier alpha value is -1.96. The number of carbonyl (C=O) groups is 1. The van der Waals surface area contributed by atoms with Crippen molar-refractivity contribution >= 4 is 6.09 Å². The van der Waals surface area contributed by atoms with Crippen LogP contribution in [0.4, 0.5) is 4.79 Å². The largest absolute Gasteiger partial charge is 0.444 e. The molecule has 1 heterocycles. The molecule has 0 saturated heterocycles. The Morgan fingerprint density at radius 2 is 2.28 bits per heavy atom. The van der Waals surface area contributed by atoms with Crippen LogP contribution in [0.25, 0.3) is 0 Å². The molecule has 0 aliphatic heterocycles. The molecule has 1 amide bonds. The molecule has 0 radical (unpaired) electrons. The first-order valence-electron chi connectivity index (χ1n) is 5.89. The van der Waals surface area contributed by atoms with E-state index in [1.165, 1.54) is 0 Å². The second-order valence-corrected chi connectivity index (χ2v) is 4.74. The summed E-state index contributed by atoms with van der Waals surface area (Å²) in [6.45, 7) is 8.53. The minimum absolute atomic E-state index is 0.256. The monoisotopic (exact) mass is 249 g/mol. The number of aryl methyl sites for hydroxylation is 1. The molecule has 0 saturated carbocycles. The van der Waals surface area contributed by atoms with Crippen LogP contribution in [-0.2, 0) is 11.3 Å². The Morgan fingerprint density at radius 3 is 2.83 bits per heavy atom. The van der Waals surface area contributed by atoms with Crippen LogP contribution >= 0.6 is 0 Å². The molecule has 98 valence electrons. The van der Waals surface area contributed by atoms with Crippen LogP contribution in [0.5, 0.6) is 0 Å². The lowest BCUT2D eigenvalue weighted by Crippen LogP contribution is -2.32. The number of nitrogens with zero attached hydrogens (tertiary/aromatic N) is 2. The van der Waals surface area contributed by atoms with Gasteiger partial charge in [0.05, 0.1) is 18.3 Å². The average molecular weight is 249 g/mol. The third-order valence-corrected chi connectivity index (χ3v) is 1.91. The Kier molecular flexibility index (Phi) is 4.78. The fraction of sp³-hybridized carbons (Fsp3) is 0.538. The highest BCUT2D eigenvalue weighted by Crippen LogP contribution is 2.05. The maximum absolute atomic E-state index is 11.3. The molecule has 0 aromatic carbocycles. The first kappa shape index (κ1) is 14.1. The molecule has 0 aliphatic rings. The van der Waals surface area contributed by atoms with E-state index in [2.05, 4.69) is 22.3 Å². The smallest absolute Gasteiger partial charge is 0.408 e. The maximum Gasteiger partial charge on any atom is 0.408 e. The third kappa shape index (κ3) is 5.39. The summed E-state index contributed by atoms with van der Waals surface area (Å²) in [7, 11) is 0. The van der Waals surface area contributed by atoms with Gasteiger partial charge in [0.15, 0.2) is 0 Å². The molecular formula is C13H19N3O2. The summed E-state index contributed by atoms with van der Waals surface area (Å²) < 4.78 is 6.87. The zero-order valence-electron chi connectivity index (χ0n) is 11.3. The Balaban J connectivity index is 2.36. The Labute approximate surface area is 108 Å². The molecule has 5 heteroatoms. The number of hydrogen-bond acceptors (Lipinski definition) is 3. The molecule has 1 aromatic rings. The highest BCUT2D eigenvalue weighted by atomic mass is 16.6. The Bertz CT molecular complexity index is 461. The standard InChI is InChI=1S/C13H19N3O2/c1-5-16-10-11(9-15-16)7-6-8-14-12(17)18-13(2,3)4/h9-10H,5,8H2,1-4H3,(H,14,17). The van der Waals surface area contributed by atoms with Gasteiger partial charge in [-0.05, 0) is 27.7 Å². The van der Waals surface area contributed by atoms with Gasteiger partial charge >= 0.3 is 6.09 Å². The molecule has 1 rings (SSSR count). The van der Waals surface area contributed by atoms with Crippen LogP contribution < -0.4 is 5.32 Å². The first-order chi connectivity index (χ1) is 8.40. The summed E-state index contributed by atoms with van der Waals surface area (Å²) in [4.78, 5) is 11.3. The summed E-state index contributed by atoms with van der Waals surface area (Å²) in [5, 5.41) is 6.67. The molecular weight excluding hydrogens is 230 g/mol. The SMILES string of the molecule is CCn1cc(C#CCNC(=O)OC(C)(C)C)cn1. The maximum atomic E-state index is 11.3. The van der Waals surface area contributed by atoms with Gasteiger partial charge in [0.25, 0.3) is 0 Å². The summed E-state index contributed by atoms with van der Waals surface area (Å²) in [6.07, 6.45) is 3.10. The fourth-order valence-corrected chi connectivity index (χ4v) is 1.18. The van der Waals surface area contributed by atoms with Gasteiger partial charge < -0.3 is 10.1 Å². The van der Waals surface area contributed by atoms with E-state index >= 15 is 0 Å². The second kappa shape index (κ2) is 6.10. The van der Waals surface area contributed by atoms with Crippen LogP contribution in [0.15, 0.2) is 12.4 Å². The molecule has 0 spiro atoms. The van der Waals surface area contributed by atoms with Crippen molar-refractivity contribution in [1.29, 1.82) is 0 Å². The van der Waals surface area contributed by atoms with E-state index < -0.39 is 11.7 Å². The lowest BCUT2D eigenvalue weighted by molar-refractivity contribution is 0.0535. The van der Waals surface area contributed by atoms with E-state index in [-0.39, 0.29) is 6.54 Å². The van der Waals surface area contributed by atoms with Crippen molar-refractivity contribution in [2.75, 3.05) is 6.54 Å². The minimum atomic E-state index is -0.486. The lowest BCUT2D eigenvalue weighted by Gasteiger charge is -2.18. The highest BCUT2D eigenvalue weighted by molar-refractivity contribution is 5.68. The van der Waals surface area contributed by atoms with E-state index in [1.807, 2.05) is 33.9 Å². The number of ether oxygens (including phenoxy) is 1. The zero-order chi connectivity index (χ0) is 13.6. The molecule has 0 unspecified atom stereocenters. The summed E-state index contributed by atoms with van der Waals surface area (Å²) in [6, 6.07) is 0. The number of alkyl carbamates (subject to hydrolysis) is 1. The van der Waals surface area contributed by atoms with E-state index in [0.717, 1.165) is 12.1 Å². The van der Waals surface area contributed by atoms with Crippen molar-refractivity contribution < 1.29 is 9.53 Å². The van der Waals surface area contributed by atoms with Crippen LogP contribution in [0, 0.1) is 11.8 Å². The predicted octanol–water partition coefficient (Wildman–Crippen LogP) is 1.78. The first-order valence-corrected chi connectivity index (χ1v) is 5.89. The van der Waals surface area contributed by atoms with Gasteiger partial charge in [0, 0.05) is 12.7 Å². The molecule has 1 aromatic heterocycles. The quantitative estimate of drug-likeness (QED) is 0.813. The third-order valence-electron chi connectivity index (χ3n) is 1.91. The van der Waals surface area contributed by atoms with Crippen LogP contribution in [0.2, 0.25) is 0 Å². The van der Waals surface area contributed by atoms with Gasteiger partial charge in [-0.3, -0.25) is 4.68 Å². The lowest BCUT2D eigenvalue weighted by atomic mass is 10.2. The van der Waals surface area contributed by atoms with Crippen molar-refractivity contribution in [1.82, 2.24) is 15.1 Å². The molecule has 0 bridgehead atoms. The van der Waals surface area contributed by atoms with Gasteiger partial charge in [-0.1, -0.05) is 11.8 Å². The molecule has 0 atom stereocenters. The Morgan fingerprint density at radius 1 is 1.56 bits per heavy atom. The number of hydrogen-bond donors (Lipinski definition) is 1. The highest BCUT2D eigenvalue weighted by Gasteiger charge is 2.14. The topological polar surface area (TPSA) is 56.2 Å². The van der Waals surface area contributed by atoms with Crippen molar-refractivity contribution in [2.24, 2.45) is 0 Å². The van der Waals surface area contributed by atoms with Crippen molar-refractivity contribution in [3.63, 3.8) is 0 Å². The molecule has 5 nitrogen and oxygen atoms in total. The van der Waals surface area contributed by atoms with E-state index in [9.17, 15) is 4.79 Å². The number of rotatable bonds is 2. The number of aromatic nitrogens is 2. The van der Waals surface area contributed by atoms with Gasteiger partial charge in [-0.2, -0.15) is 5.10 Å². The van der Waals surface area contributed by atoms with E-state index in [1.54, 1.807) is 10.9 Å². The van der Waals surface area contributed by atoms with Crippen LogP contribution in [0.3, 0.4) is 0 Å².